The molecule has 6 nitrogen and oxygen atoms in total. The fourth-order valence-electron chi connectivity index (χ4n) is 3.53. The average Bonchev–Trinajstić information content (AvgIpc) is 2.84. The van der Waals surface area contributed by atoms with Crippen LogP contribution in [0.15, 0.2) is 60.9 Å². The highest BCUT2D eigenvalue weighted by Gasteiger charge is 2.18. The van der Waals surface area contributed by atoms with Gasteiger partial charge in [0.2, 0.25) is 0 Å². The summed E-state index contributed by atoms with van der Waals surface area (Å²) in [5.74, 6) is 3.09. The molecular weight excluding hydrogens is 425 g/mol. The molecule has 0 aliphatic carbocycles. The van der Waals surface area contributed by atoms with E-state index in [4.69, 9.17) is 4.98 Å². The van der Waals surface area contributed by atoms with Crippen LogP contribution in [0.5, 0.6) is 0 Å². The number of rotatable bonds is 8. The van der Waals surface area contributed by atoms with Crippen molar-refractivity contribution in [1.29, 1.82) is 0 Å². The number of nitrogens with one attached hydrogen (secondary N) is 2. The number of pyridine rings is 2. The second kappa shape index (κ2) is 10.9. The first kappa shape index (κ1) is 22.1. The van der Waals surface area contributed by atoms with E-state index in [0.29, 0.717) is 30.9 Å². The first-order valence-corrected chi connectivity index (χ1v) is 11.8. The third-order valence-electron chi connectivity index (χ3n) is 5.23. The van der Waals surface area contributed by atoms with E-state index in [-0.39, 0.29) is 11.7 Å². The standard InChI is InChI=1S/C24H26FN5OS/c25-20-5-1-3-18(15-20)8-10-27-23-21(24(31)28-17-19-4-2-9-26-16-19)6-7-22(29-23)30-11-13-32-14-12-30/h1-7,9,15-16H,8,10-14,17H2,(H,27,29)(H,28,31). The molecule has 1 aliphatic rings. The lowest BCUT2D eigenvalue weighted by atomic mass is 10.1. The van der Waals surface area contributed by atoms with Crippen LogP contribution >= 0.6 is 11.8 Å². The van der Waals surface area contributed by atoms with Crippen LogP contribution in [-0.4, -0.2) is 47.0 Å². The largest absolute Gasteiger partial charge is 0.369 e. The van der Waals surface area contributed by atoms with Crippen molar-refractivity contribution in [1.82, 2.24) is 15.3 Å². The van der Waals surface area contributed by atoms with Crippen molar-refractivity contribution >= 4 is 29.3 Å². The maximum Gasteiger partial charge on any atom is 0.255 e. The van der Waals surface area contributed by atoms with E-state index >= 15 is 0 Å². The second-order valence-corrected chi connectivity index (χ2v) is 8.74. The summed E-state index contributed by atoms with van der Waals surface area (Å²) in [5.41, 5.74) is 2.31. The Labute approximate surface area is 191 Å². The molecular formula is C24H26FN5OS. The molecule has 3 aromatic rings. The molecule has 0 bridgehead atoms. The molecule has 0 saturated carbocycles. The molecule has 0 unspecified atom stereocenters. The van der Waals surface area contributed by atoms with Gasteiger partial charge in [-0.25, -0.2) is 9.37 Å². The van der Waals surface area contributed by atoms with E-state index in [1.165, 1.54) is 12.1 Å². The van der Waals surface area contributed by atoms with Gasteiger partial charge in [0.05, 0.1) is 5.56 Å². The number of thioether (sulfide) groups is 1. The summed E-state index contributed by atoms with van der Waals surface area (Å²) in [4.78, 5) is 24.0. The Morgan fingerprint density at radius 1 is 1.09 bits per heavy atom. The molecule has 32 heavy (non-hydrogen) atoms. The number of hydrogen-bond donors (Lipinski definition) is 2. The van der Waals surface area contributed by atoms with Crippen molar-refractivity contribution in [3.05, 3.63) is 83.4 Å². The van der Waals surface area contributed by atoms with E-state index in [2.05, 4.69) is 20.5 Å². The number of amides is 1. The first-order chi connectivity index (χ1) is 15.7. The maximum absolute atomic E-state index is 13.5. The molecule has 1 aromatic carbocycles. The molecule has 0 spiro atoms. The Morgan fingerprint density at radius 3 is 2.72 bits per heavy atom. The van der Waals surface area contributed by atoms with E-state index in [0.717, 1.165) is 41.5 Å². The highest BCUT2D eigenvalue weighted by molar-refractivity contribution is 7.99. The number of carbonyl (C=O) groups excluding carboxylic acids is 1. The summed E-state index contributed by atoms with van der Waals surface area (Å²) < 4.78 is 13.5. The topological polar surface area (TPSA) is 70.2 Å². The zero-order valence-corrected chi connectivity index (χ0v) is 18.6. The van der Waals surface area contributed by atoms with E-state index in [9.17, 15) is 9.18 Å². The molecule has 1 amide bonds. The van der Waals surface area contributed by atoms with Crippen molar-refractivity contribution in [3.8, 4) is 0 Å². The molecule has 4 rings (SSSR count). The number of anilines is 2. The van der Waals surface area contributed by atoms with Gasteiger partial charge in [-0.3, -0.25) is 9.78 Å². The zero-order chi connectivity index (χ0) is 22.2. The lowest BCUT2D eigenvalue weighted by molar-refractivity contribution is 0.0951. The van der Waals surface area contributed by atoms with Crippen LogP contribution in [0.4, 0.5) is 16.0 Å². The number of halogens is 1. The molecule has 166 valence electrons. The van der Waals surface area contributed by atoms with Gasteiger partial charge in [0.15, 0.2) is 0 Å². The number of nitrogens with zero attached hydrogens (tertiary/aromatic N) is 3. The van der Waals surface area contributed by atoms with Gasteiger partial charge >= 0.3 is 0 Å². The van der Waals surface area contributed by atoms with Crippen LogP contribution in [0.2, 0.25) is 0 Å². The van der Waals surface area contributed by atoms with Crippen LogP contribution in [-0.2, 0) is 13.0 Å². The molecule has 0 atom stereocenters. The predicted octanol–water partition coefficient (Wildman–Crippen LogP) is 3.75. The van der Waals surface area contributed by atoms with Crippen LogP contribution in [0, 0.1) is 5.82 Å². The zero-order valence-electron chi connectivity index (χ0n) is 17.8. The Morgan fingerprint density at radius 2 is 1.94 bits per heavy atom. The summed E-state index contributed by atoms with van der Waals surface area (Å²) in [6, 6.07) is 14.0. The summed E-state index contributed by atoms with van der Waals surface area (Å²) in [5, 5.41) is 6.25. The molecule has 1 fully saturated rings. The highest BCUT2D eigenvalue weighted by Crippen LogP contribution is 2.22. The Bertz CT molecular complexity index is 1040. The van der Waals surface area contributed by atoms with E-state index in [1.54, 1.807) is 18.5 Å². The Balaban J connectivity index is 1.48. The van der Waals surface area contributed by atoms with Crippen LogP contribution in [0.3, 0.4) is 0 Å². The van der Waals surface area contributed by atoms with E-state index in [1.807, 2.05) is 42.1 Å². The third kappa shape index (κ3) is 5.97. The summed E-state index contributed by atoms with van der Waals surface area (Å²) in [6.45, 7) is 2.80. The molecule has 2 N–H and O–H groups in total. The summed E-state index contributed by atoms with van der Waals surface area (Å²) >= 11 is 1.94. The minimum atomic E-state index is -0.249. The van der Waals surface area contributed by atoms with Gasteiger partial charge in [0.25, 0.3) is 5.91 Å². The van der Waals surface area contributed by atoms with Gasteiger partial charge in [0.1, 0.15) is 17.5 Å². The molecule has 1 saturated heterocycles. The van der Waals surface area contributed by atoms with Crippen molar-refractivity contribution in [2.24, 2.45) is 0 Å². The maximum atomic E-state index is 13.5. The van der Waals surface area contributed by atoms with Crippen molar-refractivity contribution < 1.29 is 9.18 Å². The number of hydrogen-bond acceptors (Lipinski definition) is 6. The number of aromatic nitrogens is 2. The SMILES string of the molecule is O=C(NCc1cccnc1)c1ccc(N2CCSCC2)nc1NCCc1cccc(F)c1. The average molecular weight is 452 g/mol. The van der Waals surface area contributed by atoms with E-state index < -0.39 is 0 Å². The smallest absolute Gasteiger partial charge is 0.255 e. The first-order valence-electron chi connectivity index (χ1n) is 10.7. The van der Waals surface area contributed by atoms with Crippen LogP contribution in [0.1, 0.15) is 21.5 Å². The highest BCUT2D eigenvalue weighted by atomic mass is 32.2. The molecule has 1 aliphatic heterocycles. The third-order valence-corrected chi connectivity index (χ3v) is 6.17. The second-order valence-electron chi connectivity index (χ2n) is 7.52. The lowest BCUT2D eigenvalue weighted by Gasteiger charge is -2.28. The Hall–Kier alpha value is -3.13. The summed E-state index contributed by atoms with van der Waals surface area (Å²) in [6.07, 6.45) is 4.06. The molecule has 8 heteroatoms. The van der Waals surface area contributed by atoms with Gasteiger partial charge in [0, 0.05) is 50.1 Å². The minimum Gasteiger partial charge on any atom is -0.369 e. The quantitative estimate of drug-likeness (QED) is 0.544. The fourth-order valence-corrected chi connectivity index (χ4v) is 4.44. The Kier molecular flexibility index (Phi) is 7.55. The lowest BCUT2D eigenvalue weighted by Crippen LogP contribution is -2.33. The van der Waals surface area contributed by atoms with Gasteiger partial charge in [-0.2, -0.15) is 11.8 Å². The monoisotopic (exact) mass is 451 g/mol. The van der Waals surface area contributed by atoms with Crippen molar-refractivity contribution in [3.63, 3.8) is 0 Å². The van der Waals surface area contributed by atoms with Crippen LogP contribution < -0.4 is 15.5 Å². The van der Waals surface area contributed by atoms with Gasteiger partial charge in [-0.15, -0.1) is 0 Å². The normalized spacial score (nSPS) is 13.6. The molecule has 2 aromatic heterocycles. The predicted molar refractivity (Wildman–Crippen MR) is 128 cm³/mol. The fraction of sp³-hybridized carbons (Fsp3) is 0.292. The summed E-state index contributed by atoms with van der Waals surface area (Å²) in [7, 11) is 0. The van der Waals surface area contributed by atoms with Crippen molar-refractivity contribution in [2.75, 3.05) is 41.4 Å². The van der Waals surface area contributed by atoms with Crippen LogP contribution in [0.25, 0.3) is 0 Å². The van der Waals surface area contributed by atoms with Gasteiger partial charge in [-0.05, 0) is 47.9 Å². The van der Waals surface area contributed by atoms with Gasteiger partial charge in [-0.1, -0.05) is 18.2 Å². The minimum absolute atomic E-state index is 0.199. The molecule has 3 heterocycles. The number of carbonyl (C=O) groups is 1. The van der Waals surface area contributed by atoms with Crippen molar-refractivity contribution in [2.45, 2.75) is 13.0 Å². The molecule has 0 radical (unpaired) electrons. The number of benzene rings is 1. The van der Waals surface area contributed by atoms with Gasteiger partial charge < -0.3 is 15.5 Å².